The van der Waals surface area contributed by atoms with Gasteiger partial charge in [-0.25, -0.2) is 5.43 Å². The van der Waals surface area contributed by atoms with Gasteiger partial charge in [0.1, 0.15) is 5.75 Å². The fourth-order valence-electron chi connectivity index (χ4n) is 1.87. The van der Waals surface area contributed by atoms with Crippen LogP contribution in [0.2, 0.25) is 10.0 Å². The molecule has 0 unspecified atom stereocenters. The van der Waals surface area contributed by atoms with Crippen molar-refractivity contribution >= 4 is 57.2 Å². The van der Waals surface area contributed by atoms with Crippen molar-refractivity contribution in [1.82, 2.24) is 10.7 Å². The van der Waals surface area contributed by atoms with Gasteiger partial charge in [-0.05, 0) is 57.9 Å². The van der Waals surface area contributed by atoms with E-state index in [1.165, 1.54) is 24.4 Å². The highest BCUT2D eigenvalue weighted by Crippen LogP contribution is 2.23. The largest absolute Gasteiger partial charge is 0.507 e. The number of carbonyl (C=O) groups is 2. The predicted molar refractivity (Wildman–Crippen MR) is 105 cm³/mol. The maximum absolute atomic E-state index is 11.9. The summed E-state index contributed by atoms with van der Waals surface area (Å²) in [5.74, 6) is -0.591. The van der Waals surface area contributed by atoms with Crippen LogP contribution in [0.3, 0.4) is 0 Å². The first kappa shape index (κ1) is 20.2. The zero-order valence-corrected chi connectivity index (χ0v) is 16.4. The lowest BCUT2D eigenvalue weighted by molar-refractivity contribution is -0.120. The Kier molecular flexibility index (Phi) is 7.44. The monoisotopic (exact) mass is 457 g/mol. The summed E-state index contributed by atoms with van der Waals surface area (Å²) in [5, 5.41) is 16.5. The topological polar surface area (TPSA) is 90.8 Å². The molecule has 0 atom stereocenters. The number of benzene rings is 2. The van der Waals surface area contributed by atoms with E-state index in [1.807, 2.05) is 0 Å². The van der Waals surface area contributed by atoms with Crippen LogP contribution < -0.4 is 10.7 Å². The number of nitrogens with zero attached hydrogens (tertiary/aromatic N) is 1. The third kappa shape index (κ3) is 6.01. The van der Waals surface area contributed by atoms with E-state index in [9.17, 15) is 14.7 Å². The number of hydrogen-bond donors (Lipinski definition) is 3. The Balaban J connectivity index is 1.76. The van der Waals surface area contributed by atoms with Gasteiger partial charge >= 0.3 is 0 Å². The van der Waals surface area contributed by atoms with Gasteiger partial charge in [0.2, 0.25) is 5.91 Å². The Morgan fingerprint density at radius 1 is 1.15 bits per heavy atom. The minimum atomic E-state index is -0.353. The maximum atomic E-state index is 11.9. The first-order chi connectivity index (χ1) is 12.4. The van der Waals surface area contributed by atoms with Crippen molar-refractivity contribution in [2.24, 2.45) is 5.10 Å². The Bertz CT molecular complexity index is 859. The van der Waals surface area contributed by atoms with Crippen molar-refractivity contribution in [2.45, 2.75) is 6.42 Å². The van der Waals surface area contributed by atoms with Crippen LogP contribution in [0.15, 0.2) is 46.0 Å². The highest BCUT2D eigenvalue weighted by molar-refractivity contribution is 9.10. The number of phenols is 1. The maximum Gasteiger partial charge on any atom is 0.251 e. The molecule has 3 N–H and O–H groups in total. The minimum Gasteiger partial charge on any atom is -0.507 e. The minimum absolute atomic E-state index is 0.0592. The molecular weight excluding hydrogens is 445 g/mol. The standard InChI is InChI=1S/C17H14BrCl2N3O3/c18-12-7-10(1-4-15(12)24)9-22-23-16(25)5-6-21-17(26)11-2-3-13(19)14(20)8-11/h1-4,7-9,24H,5-6H2,(H,21,26)(H,23,25)/b22-9+. The van der Waals surface area contributed by atoms with E-state index in [1.54, 1.807) is 18.2 Å². The van der Waals surface area contributed by atoms with Crippen molar-refractivity contribution in [2.75, 3.05) is 6.54 Å². The van der Waals surface area contributed by atoms with Crippen LogP contribution >= 0.6 is 39.1 Å². The van der Waals surface area contributed by atoms with Crippen LogP contribution in [0.4, 0.5) is 0 Å². The summed E-state index contributed by atoms with van der Waals surface area (Å²) in [4.78, 5) is 23.7. The van der Waals surface area contributed by atoms with E-state index in [4.69, 9.17) is 23.2 Å². The molecule has 0 spiro atoms. The van der Waals surface area contributed by atoms with Crippen molar-refractivity contribution in [3.8, 4) is 5.75 Å². The second-order valence-corrected chi connectivity index (χ2v) is 6.81. The van der Waals surface area contributed by atoms with E-state index in [-0.39, 0.29) is 35.6 Å². The summed E-state index contributed by atoms with van der Waals surface area (Å²) in [6.45, 7) is 0.144. The lowest BCUT2D eigenvalue weighted by atomic mass is 10.2. The summed E-state index contributed by atoms with van der Waals surface area (Å²) in [6, 6.07) is 9.34. The normalized spacial score (nSPS) is 10.7. The lowest BCUT2D eigenvalue weighted by Crippen LogP contribution is -2.29. The lowest BCUT2D eigenvalue weighted by Gasteiger charge is -2.05. The molecule has 9 heteroatoms. The summed E-state index contributed by atoms with van der Waals surface area (Å²) in [5.41, 5.74) is 3.41. The zero-order valence-electron chi connectivity index (χ0n) is 13.3. The highest BCUT2D eigenvalue weighted by Gasteiger charge is 2.08. The van der Waals surface area contributed by atoms with Crippen LogP contribution in [0.1, 0.15) is 22.3 Å². The Morgan fingerprint density at radius 2 is 1.92 bits per heavy atom. The molecule has 26 heavy (non-hydrogen) atoms. The van der Waals surface area contributed by atoms with Gasteiger partial charge in [-0.1, -0.05) is 23.2 Å². The van der Waals surface area contributed by atoms with Crippen LogP contribution in [-0.4, -0.2) is 29.7 Å². The van der Waals surface area contributed by atoms with Gasteiger partial charge in [0.15, 0.2) is 0 Å². The molecule has 136 valence electrons. The van der Waals surface area contributed by atoms with E-state index >= 15 is 0 Å². The molecule has 0 saturated heterocycles. The van der Waals surface area contributed by atoms with Gasteiger partial charge < -0.3 is 10.4 Å². The number of phenolic OH excluding ortho intramolecular Hbond substituents is 1. The molecule has 2 rings (SSSR count). The van der Waals surface area contributed by atoms with Crippen LogP contribution in [0.5, 0.6) is 5.75 Å². The third-order valence-electron chi connectivity index (χ3n) is 3.19. The zero-order chi connectivity index (χ0) is 19.1. The number of amides is 2. The van der Waals surface area contributed by atoms with E-state index in [0.29, 0.717) is 20.6 Å². The molecule has 2 amide bonds. The van der Waals surface area contributed by atoms with Crippen LogP contribution in [0.25, 0.3) is 0 Å². The molecule has 0 bridgehead atoms. The second-order valence-electron chi connectivity index (χ2n) is 5.14. The van der Waals surface area contributed by atoms with Crippen molar-refractivity contribution in [1.29, 1.82) is 0 Å². The summed E-state index contributed by atoms with van der Waals surface area (Å²) >= 11 is 14.8. The first-order valence-corrected chi connectivity index (χ1v) is 8.95. The summed E-state index contributed by atoms with van der Waals surface area (Å²) < 4.78 is 0.526. The molecular formula is C17H14BrCl2N3O3. The summed E-state index contributed by atoms with van der Waals surface area (Å²) in [6.07, 6.45) is 1.50. The number of hydrogen-bond acceptors (Lipinski definition) is 4. The molecule has 0 aromatic heterocycles. The first-order valence-electron chi connectivity index (χ1n) is 7.40. The molecule has 0 fully saturated rings. The van der Waals surface area contributed by atoms with Crippen molar-refractivity contribution < 1.29 is 14.7 Å². The number of aromatic hydroxyl groups is 1. The van der Waals surface area contributed by atoms with Gasteiger partial charge in [-0.15, -0.1) is 0 Å². The molecule has 6 nitrogen and oxygen atoms in total. The molecule has 0 aliphatic carbocycles. The highest BCUT2D eigenvalue weighted by atomic mass is 79.9. The molecule has 0 heterocycles. The smallest absolute Gasteiger partial charge is 0.251 e. The predicted octanol–water partition coefficient (Wildman–Crippen LogP) is 3.73. The molecule has 0 radical (unpaired) electrons. The SMILES string of the molecule is O=C(CCNC(=O)c1ccc(Cl)c(Cl)c1)N/N=C/c1ccc(O)c(Br)c1. The molecule has 0 saturated carbocycles. The number of carbonyl (C=O) groups excluding carboxylic acids is 2. The third-order valence-corrected chi connectivity index (χ3v) is 4.57. The van der Waals surface area contributed by atoms with Gasteiger partial charge in [-0.2, -0.15) is 5.10 Å². The molecule has 2 aromatic carbocycles. The fraction of sp³-hybridized carbons (Fsp3) is 0.118. The number of rotatable bonds is 6. The van der Waals surface area contributed by atoms with Crippen LogP contribution in [-0.2, 0) is 4.79 Å². The van der Waals surface area contributed by atoms with Gasteiger partial charge in [-0.3, -0.25) is 9.59 Å². The number of hydrazone groups is 1. The second kappa shape index (κ2) is 9.56. The van der Waals surface area contributed by atoms with Crippen LogP contribution in [0, 0.1) is 0 Å². The average molecular weight is 459 g/mol. The van der Waals surface area contributed by atoms with Crippen molar-refractivity contribution in [3.05, 3.63) is 62.0 Å². The van der Waals surface area contributed by atoms with E-state index in [2.05, 4.69) is 31.8 Å². The fourth-order valence-corrected chi connectivity index (χ4v) is 2.56. The Hall–Kier alpha value is -2.09. The number of nitrogens with one attached hydrogen (secondary N) is 2. The molecule has 0 aliphatic rings. The summed E-state index contributed by atoms with van der Waals surface area (Å²) in [7, 11) is 0. The van der Waals surface area contributed by atoms with Gasteiger partial charge in [0, 0.05) is 18.5 Å². The molecule has 2 aromatic rings. The average Bonchev–Trinajstić information content (AvgIpc) is 2.60. The Morgan fingerprint density at radius 3 is 2.62 bits per heavy atom. The number of halogens is 3. The quantitative estimate of drug-likeness (QED) is 0.455. The molecule has 0 aliphatic heterocycles. The van der Waals surface area contributed by atoms with Gasteiger partial charge in [0.05, 0.1) is 20.7 Å². The Labute approximate surface area is 168 Å². The van der Waals surface area contributed by atoms with E-state index < -0.39 is 0 Å². The van der Waals surface area contributed by atoms with Crippen molar-refractivity contribution in [3.63, 3.8) is 0 Å². The van der Waals surface area contributed by atoms with Gasteiger partial charge in [0.25, 0.3) is 5.91 Å². The van der Waals surface area contributed by atoms with E-state index in [0.717, 1.165) is 0 Å².